The number of nitrogens with one attached hydrogen (secondary N) is 2. The zero-order valence-electron chi connectivity index (χ0n) is 16.6. The minimum atomic E-state index is 0.430. The second-order valence-electron chi connectivity index (χ2n) is 7.73. The van der Waals surface area contributed by atoms with Gasteiger partial charge in [-0.2, -0.15) is 0 Å². The maximum Gasteiger partial charge on any atom is 0.123 e. The van der Waals surface area contributed by atoms with Crippen molar-refractivity contribution in [2.75, 3.05) is 19.6 Å². The lowest BCUT2D eigenvalue weighted by Gasteiger charge is -2.40. The third-order valence-corrected chi connectivity index (χ3v) is 6.08. The van der Waals surface area contributed by atoms with Gasteiger partial charge in [0, 0.05) is 66.5 Å². The maximum absolute atomic E-state index is 5.30. The molecular weight excluding hydrogens is 364 g/mol. The summed E-state index contributed by atoms with van der Waals surface area (Å²) in [5, 5.41) is 12.8. The third kappa shape index (κ3) is 3.47. The highest BCUT2D eigenvalue weighted by molar-refractivity contribution is 5.85. The molecule has 150 valence electrons. The molecule has 1 fully saturated rings. The number of hydrogen-bond acceptors (Lipinski definition) is 5. The van der Waals surface area contributed by atoms with Crippen molar-refractivity contribution in [1.29, 1.82) is 0 Å². The summed E-state index contributed by atoms with van der Waals surface area (Å²) in [5.41, 5.74) is 4.86. The zero-order valence-corrected chi connectivity index (χ0v) is 16.6. The van der Waals surface area contributed by atoms with Crippen LogP contribution >= 0.6 is 0 Å². The molecule has 4 heterocycles. The van der Waals surface area contributed by atoms with Gasteiger partial charge in [0.05, 0.1) is 12.5 Å². The predicted molar refractivity (Wildman–Crippen MR) is 112 cm³/mol. The summed E-state index contributed by atoms with van der Waals surface area (Å²) in [5.74, 6) is 0.430. The number of furan rings is 1. The Morgan fingerprint density at radius 1 is 1.24 bits per heavy atom. The SMILES string of the molecule is CCC(c1c[nH]c2ccc(-n3cnnc3)cc12)C1CNCCN1Cc1ccoc1. The van der Waals surface area contributed by atoms with E-state index in [1.807, 2.05) is 10.8 Å². The number of hydrogen-bond donors (Lipinski definition) is 2. The monoisotopic (exact) mass is 390 g/mol. The average Bonchev–Trinajstić information content (AvgIpc) is 3.52. The van der Waals surface area contributed by atoms with Crippen LogP contribution in [0.1, 0.15) is 30.4 Å². The van der Waals surface area contributed by atoms with Crippen LogP contribution in [0.2, 0.25) is 0 Å². The van der Waals surface area contributed by atoms with E-state index < -0.39 is 0 Å². The third-order valence-electron chi connectivity index (χ3n) is 6.08. The molecule has 0 saturated carbocycles. The van der Waals surface area contributed by atoms with E-state index in [1.54, 1.807) is 18.9 Å². The lowest BCUT2D eigenvalue weighted by molar-refractivity contribution is 0.128. The Kier molecular flexibility index (Phi) is 4.91. The summed E-state index contributed by atoms with van der Waals surface area (Å²) in [6, 6.07) is 8.98. The summed E-state index contributed by atoms with van der Waals surface area (Å²) >= 11 is 0. The van der Waals surface area contributed by atoms with Crippen LogP contribution in [0, 0.1) is 0 Å². The number of rotatable bonds is 6. The Hall–Kier alpha value is -2.90. The molecule has 7 heteroatoms. The van der Waals surface area contributed by atoms with Gasteiger partial charge in [0.1, 0.15) is 12.7 Å². The van der Waals surface area contributed by atoms with Gasteiger partial charge in [-0.05, 0) is 36.2 Å². The number of H-pyrrole nitrogens is 1. The highest BCUT2D eigenvalue weighted by Crippen LogP contribution is 2.34. The molecule has 1 aliphatic heterocycles. The number of nitrogens with zero attached hydrogens (tertiary/aromatic N) is 4. The maximum atomic E-state index is 5.30. The Labute approximate surface area is 169 Å². The Morgan fingerprint density at radius 2 is 2.14 bits per heavy atom. The standard InChI is InChI=1S/C22H26N6O/c1-2-18(22-11-23-6-7-27(22)12-16-5-8-29-13-16)20-10-24-21-4-3-17(9-19(20)21)28-14-25-26-15-28/h3-5,8-10,13-15,18,22-24H,2,6-7,11-12H2,1H3. The number of piperazine rings is 1. The van der Waals surface area contributed by atoms with Gasteiger partial charge in [-0.1, -0.05) is 6.92 Å². The topological polar surface area (TPSA) is 74.9 Å². The molecule has 0 bridgehead atoms. The van der Waals surface area contributed by atoms with Gasteiger partial charge < -0.3 is 14.7 Å². The molecule has 2 N–H and O–H groups in total. The number of aromatic nitrogens is 4. The van der Waals surface area contributed by atoms with Crippen LogP contribution in [0.25, 0.3) is 16.6 Å². The van der Waals surface area contributed by atoms with Crippen molar-refractivity contribution >= 4 is 10.9 Å². The van der Waals surface area contributed by atoms with Crippen LogP contribution in [0.15, 0.2) is 60.1 Å². The molecule has 1 aromatic carbocycles. The molecule has 5 rings (SSSR count). The van der Waals surface area contributed by atoms with Crippen molar-refractivity contribution < 1.29 is 4.42 Å². The van der Waals surface area contributed by atoms with E-state index in [-0.39, 0.29) is 0 Å². The smallest absolute Gasteiger partial charge is 0.123 e. The quantitative estimate of drug-likeness (QED) is 0.528. The first-order valence-electron chi connectivity index (χ1n) is 10.3. The van der Waals surface area contributed by atoms with Gasteiger partial charge in [-0.25, -0.2) is 0 Å². The van der Waals surface area contributed by atoms with Crippen LogP contribution in [0.3, 0.4) is 0 Å². The molecule has 2 unspecified atom stereocenters. The Balaban J connectivity index is 1.50. The van der Waals surface area contributed by atoms with Gasteiger partial charge in [0.2, 0.25) is 0 Å². The zero-order chi connectivity index (χ0) is 19.6. The van der Waals surface area contributed by atoms with E-state index in [2.05, 4.69) is 62.8 Å². The van der Waals surface area contributed by atoms with Gasteiger partial charge in [0.15, 0.2) is 0 Å². The second kappa shape index (κ2) is 7.85. The van der Waals surface area contributed by atoms with E-state index >= 15 is 0 Å². The Morgan fingerprint density at radius 3 is 2.93 bits per heavy atom. The van der Waals surface area contributed by atoms with Crippen LogP contribution in [0.4, 0.5) is 0 Å². The lowest BCUT2D eigenvalue weighted by atomic mass is 9.86. The van der Waals surface area contributed by atoms with E-state index in [0.717, 1.165) is 38.3 Å². The molecule has 3 aromatic heterocycles. The minimum Gasteiger partial charge on any atom is -0.472 e. The first-order chi connectivity index (χ1) is 14.3. The van der Waals surface area contributed by atoms with Crippen LogP contribution in [-0.2, 0) is 6.54 Å². The van der Waals surface area contributed by atoms with E-state index in [0.29, 0.717) is 12.0 Å². The fraction of sp³-hybridized carbons (Fsp3) is 0.364. The molecule has 7 nitrogen and oxygen atoms in total. The van der Waals surface area contributed by atoms with Crippen molar-refractivity contribution in [1.82, 2.24) is 30.0 Å². The molecule has 0 radical (unpaired) electrons. The Bertz CT molecular complexity index is 1050. The van der Waals surface area contributed by atoms with Crippen LogP contribution in [-0.4, -0.2) is 50.3 Å². The molecule has 0 aliphatic carbocycles. The number of benzene rings is 1. The largest absolute Gasteiger partial charge is 0.472 e. The normalized spacial score (nSPS) is 19.0. The first-order valence-corrected chi connectivity index (χ1v) is 10.3. The fourth-order valence-electron chi connectivity index (χ4n) is 4.61. The van der Waals surface area contributed by atoms with Crippen LogP contribution in [0.5, 0.6) is 0 Å². The molecule has 29 heavy (non-hydrogen) atoms. The predicted octanol–water partition coefficient (Wildman–Crippen LogP) is 3.31. The van der Waals surface area contributed by atoms with Gasteiger partial charge in [-0.15, -0.1) is 10.2 Å². The van der Waals surface area contributed by atoms with Gasteiger partial charge in [0.25, 0.3) is 0 Å². The average molecular weight is 390 g/mol. The summed E-state index contributed by atoms with van der Waals surface area (Å²) in [7, 11) is 0. The van der Waals surface area contributed by atoms with Gasteiger partial charge in [-0.3, -0.25) is 9.47 Å². The molecule has 0 amide bonds. The summed E-state index contributed by atoms with van der Waals surface area (Å²) in [4.78, 5) is 6.08. The highest BCUT2D eigenvalue weighted by Gasteiger charge is 2.31. The molecular formula is C22H26N6O. The number of aromatic amines is 1. The van der Waals surface area contributed by atoms with E-state index in [9.17, 15) is 0 Å². The van der Waals surface area contributed by atoms with Gasteiger partial charge >= 0.3 is 0 Å². The van der Waals surface area contributed by atoms with E-state index in [4.69, 9.17) is 4.42 Å². The molecule has 2 atom stereocenters. The summed E-state index contributed by atoms with van der Waals surface area (Å²) in [6.45, 7) is 6.27. The molecule has 4 aromatic rings. The highest BCUT2D eigenvalue weighted by atomic mass is 16.3. The lowest BCUT2D eigenvalue weighted by Crippen LogP contribution is -2.53. The van der Waals surface area contributed by atoms with Crippen molar-refractivity contribution in [2.24, 2.45) is 0 Å². The second-order valence-corrected chi connectivity index (χ2v) is 7.73. The minimum absolute atomic E-state index is 0.430. The van der Waals surface area contributed by atoms with Crippen molar-refractivity contribution in [2.45, 2.75) is 31.8 Å². The summed E-state index contributed by atoms with van der Waals surface area (Å²) < 4.78 is 7.25. The number of fused-ring (bicyclic) bond motifs is 1. The van der Waals surface area contributed by atoms with Crippen molar-refractivity contribution in [3.05, 3.63) is 66.8 Å². The molecule has 0 spiro atoms. The van der Waals surface area contributed by atoms with Crippen molar-refractivity contribution in [3.63, 3.8) is 0 Å². The molecule has 1 saturated heterocycles. The van der Waals surface area contributed by atoms with E-state index in [1.165, 1.54) is 22.0 Å². The van der Waals surface area contributed by atoms with Crippen LogP contribution < -0.4 is 5.32 Å². The van der Waals surface area contributed by atoms with Crippen molar-refractivity contribution in [3.8, 4) is 5.69 Å². The fourth-order valence-corrected chi connectivity index (χ4v) is 4.61. The molecule has 1 aliphatic rings. The summed E-state index contributed by atoms with van der Waals surface area (Å²) in [6.07, 6.45) is 10.4. The first kappa shape index (κ1) is 18.1.